The molecule has 5 heteroatoms. The first-order valence-electron chi connectivity index (χ1n) is 6.14. The molecule has 1 fully saturated rings. The molecule has 2 heterocycles. The highest BCUT2D eigenvalue weighted by atomic mass is 16.5. The summed E-state index contributed by atoms with van der Waals surface area (Å²) < 4.78 is 10.3. The molecule has 0 amide bonds. The quantitative estimate of drug-likeness (QED) is 0.868. The minimum atomic E-state index is -0.672. The van der Waals surface area contributed by atoms with Crippen molar-refractivity contribution in [3.05, 3.63) is 18.3 Å². The summed E-state index contributed by atoms with van der Waals surface area (Å²) in [5.74, 6) is 1.56. The fourth-order valence-corrected chi connectivity index (χ4v) is 2.15. The maximum absolute atomic E-state index is 10.4. The van der Waals surface area contributed by atoms with Gasteiger partial charge in [0.05, 0.1) is 18.9 Å². The van der Waals surface area contributed by atoms with Crippen molar-refractivity contribution in [2.75, 3.05) is 38.8 Å². The van der Waals surface area contributed by atoms with Crippen molar-refractivity contribution in [1.29, 1.82) is 0 Å². The van der Waals surface area contributed by atoms with Crippen LogP contribution in [0.15, 0.2) is 18.3 Å². The molecule has 1 aliphatic rings. The van der Waals surface area contributed by atoms with Crippen LogP contribution < -0.4 is 9.64 Å². The Balaban J connectivity index is 1.99. The van der Waals surface area contributed by atoms with Gasteiger partial charge < -0.3 is 19.5 Å². The highest BCUT2D eigenvalue weighted by molar-refractivity contribution is 5.40. The lowest BCUT2D eigenvalue weighted by Crippen LogP contribution is -2.45. The summed E-state index contributed by atoms with van der Waals surface area (Å²) in [6.45, 7) is 1.82. The van der Waals surface area contributed by atoms with Gasteiger partial charge in [-0.25, -0.2) is 4.98 Å². The zero-order valence-electron chi connectivity index (χ0n) is 10.9. The maximum atomic E-state index is 10.4. The predicted molar refractivity (Wildman–Crippen MR) is 69.1 cm³/mol. The van der Waals surface area contributed by atoms with Crippen LogP contribution in [0.4, 0.5) is 5.82 Å². The van der Waals surface area contributed by atoms with Crippen molar-refractivity contribution in [2.24, 2.45) is 0 Å². The molecule has 0 bridgehead atoms. The van der Waals surface area contributed by atoms with Crippen molar-refractivity contribution < 1.29 is 14.6 Å². The Kier molecular flexibility index (Phi) is 4.04. The van der Waals surface area contributed by atoms with Gasteiger partial charge in [-0.2, -0.15) is 0 Å². The Morgan fingerprint density at radius 3 is 2.72 bits per heavy atom. The Hall–Kier alpha value is -1.33. The molecule has 0 unspecified atom stereocenters. The number of aliphatic hydroxyl groups is 1. The smallest absolute Gasteiger partial charge is 0.137 e. The van der Waals surface area contributed by atoms with Crippen molar-refractivity contribution >= 4 is 5.82 Å². The third-order valence-corrected chi connectivity index (χ3v) is 3.30. The van der Waals surface area contributed by atoms with Crippen molar-refractivity contribution in [3.8, 4) is 5.75 Å². The average molecular weight is 252 g/mol. The normalized spacial score (nSPS) is 18.4. The van der Waals surface area contributed by atoms with E-state index < -0.39 is 5.60 Å². The molecule has 2 rings (SSSR count). The van der Waals surface area contributed by atoms with E-state index in [1.807, 2.05) is 24.1 Å². The Morgan fingerprint density at radius 1 is 1.44 bits per heavy atom. The van der Waals surface area contributed by atoms with E-state index in [2.05, 4.69) is 4.98 Å². The number of likely N-dealkylation sites (N-methyl/N-ethyl adjacent to an activating group) is 1. The first-order valence-corrected chi connectivity index (χ1v) is 6.14. The van der Waals surface area contributed by atoms with E-state index in [1.165, 1.54) is 0 Å². The first-order chi connectivity index (χ1) is 8.63. The number of nitrogens with zero attached hydrogens (tertiary/aromatic N) is 2. The van der Waals surface area contributed by atoms with Gasteiger partial charge >= 0.3 is 0 Å². The van der Waals surface area contributed by atoms with E-state index in [9.17, 15) is 5.11 Å². The standard InChI is InChI=1S/C13H20N2O3/c1-15(10-13(16)5-7-18-8-6-13)12-4-3-11(17-2)9-14-12/h3-4,9,16H,5-8,10H2,1-2H3. The molecule has 0 atom stereocenters. The molecule has 0 radical (unpaired) electrons. The van der Waals surface area contributed by atoms with Crippen LogP contribution in [0.1, 0.15) is 12.8 Å². The predicted octanol–water partition coefficient (Wildman–Crippen LogP) is 1.07. The SMILES string of the molecule is COc1ccc(N(C)CC2(O)CCOCC2)nc1. The van der Waals surface area contributed by atoms with Crippen LogP contribution in [0.3, 0.4) is 0 Å². The fraction of sp³-hybridized carbons (Fsp3) is 0.615. The van der Waals surface area contributed by atoms with Gasteiger partial charge in [-0.05, 0) is 12.1 Å². The molecule has 100 valence electrons. The van der Waals surface area contributed by atoms with E-state index in [0.717, 1.165) is 11.6 Å². The summed E-state index contributed by atoms with van der Waals surface area (Å²) in [5, 5.41) is 10.4. The van der Waals surface area contributed by atoms with Crippen LogP contribution in [-0.2, 0) is 4.74 Å². The largest absolute Gasteiger partial charge is 0.495 e. The number of hydrogen-bond acceptors (Lipinski definition) is 5. The molecule has 18 heavy (non-hydrogen) atoms. The van der Waals surface area contributed by atoms with E-state index in [0.29, 0.717) is 32.6 Å². The van der Waals surface area contributed by atoms with Gasteiger partial charge in [-0.3, -0.25) is 0 Å². The Labute approximate surface area is 107 Å². The highest BCUT2D eigenvalue weighted by Crippen LogP contribution is 2.23. The van der Waals surface area contributed by atoms with Gasteiger partial charge in [0.15, 0.2) is 0 Å². The number of ether oxygens (including phenoxy) is 2. The molecule has 1 N–H and O–H groups in total. The molecule has 1 aliphatic heterocycles. The van der Waals surface area contributed by atoms with E-state index in [4.69, 9.17) is 9.47 Å². The van der Waals surface area contributed by atoms with Gasteiger partial charge in [0.25, 0.3) is 0 Å². The maximum Gasteiger partial charge on any atom is 0.137 e. The topological polar surface area (TPSA) is 54.8 Å². The number of hydrogen-bond donors (Lipinski definition) is 1. The number of anilines is 1. The van der Waals surface area contributed by atoms with Crippen molar-refractivity contribution in [1.82, 2.24) is 4.98 Å². The lowest BCUT2D eigenvalue weighted by atomic mass is 9.94. The third-order valence-electron chi connectivity index (χ3n) is 3.30. The number of pyridine rings is 1. The summed E-state index contributed by atoms with van der Waals surface area (Å²) in [4.78, 5) is 6.27. The van der Waals surface area contributed by atoms with E-state index in [1.54, 1.807) is 13.3 Å². The van der Waals surface area contributed by atoms with Gasteiger partial charge in [0, 0.05) is 39.6 Å². The second-order valence-corrected chi connectivity index (χ2v) is 4.75. The summed E-state index contributed by atoms with van der Waals surface area (Å²) in [5.41, 5.74) is -0.672. The first kappa shape index (κ1) is 13.1. The molecular formula is C13H20N2O3. The van der Waals surface area contributed by atoms with Crippen LogP contribution in [0.2, 0.25) is 0 Å². The van der Waals surface area contributed by atoms with Crippen LogP contribution in [0.5, 0.6) is 5.75 Å². The van der Waals surface area contributed by atoms with Crippen molar-refractivity contribution in [3.63, 3.8) is 0 Å². The summed E-state index contributed by atoms with van der Waals surface area (Å²) in [6.07, 6.45) is 3.03. The van der Waals surface area contributed by atoms with Crippen molar-refractivity contribution in [2.45, 2.75) is 18.4 Å². The summed E-state index contributed by atoms with van der Waals surface area (Å²) in [6, 6.07) is 3.76. The minimum Gasteiger partial charge on any atom is -0.495 e. The molecule has 0 saturated carbocycles. The lowest BCUT2D eigenvalue weighted by molar-refractivity contribution is -0.0573. The monoisotopic (exact) mass is 252 g/mol. The zero-order valence-corrected chi connectivity index (χ0v) is 10.9. The van der Waals surface area contributed by atoms with Crippen LogP contribution in [0.25, 0.3) is 0 Å². The van der Waals surface area contributed by atoms with Crippen LogP contribution in [-0.4, -0.2) is 49.6 Å². The van der Waals surface area contributed by atoms with Crippen LogP contribution >= 0.6 is 0 Å². The number of methoxy groups -OCH3 is 1. The van der Waals surface area contributed by atoms with Crippen LogP contribution in [0, 0.1) is 0 Å². The van der Waals surface area contributed by atoms with Gasteiger partial charge in [-0.1, -0.05) is 0 Å². The van der Waals surface area contributed by atoms with E-state index in [-0.39, 0.29) is 0 Å². The molecule has 0 aromatic carbocycles. The number of rotatable bonds is 4. The molecule has 1 saturated heterocycles. The molecule has 1 aromatic heterocycles. The Bertz CT molecular complexity index is 374. The third kappa shape index (κ3) is 3.11. The zero-order chi connectivity index (χ0) is 13.0. The van der Waals surface area contributed by atoms with Gasteiger partial charge in [0.1, 0.15) is 11.6 Å². The second-order valence-electron chi connectivity index (χ2n) is 4.75. The van der Waals surface area contributed by atoms with Gasteiger partial charge in [0.2, 0.25) is 0 Å². The molecule has 1 aromatic rings. The Morgan fingerprint density at radius 2 is 2.17 bits per heavy atom. The second kappa shape index (κ2) is 5.54. The molecule has 5 nitrogen and oxygen atoms in total. The van der Waals surface area contributed by atoms with E-state index >= 15 is 0 Å². The fourth-order valence-electron chi connectivity index (χ4n) is 2.15. The molecule has 0 aliphatic carbocycles. The molecular weight excluding hydrogens is 232 g/mol. The number of aromatic nitrogens is 1. The lowest BCUT2D eigenvalue weighted by Gasteiger charge is -2.35. The summed E-state index contributed by atoms with van der Waals surface area (Å²) in [7, 11) is 3.55. The van der Waals surface area contributed by atoms with Gasteiger partial charge in [-0.15, -0.1) is 0 Å². The highest BCUT2D eigenvalue weighted by Gasteiger charge is 2.31. The average Bonchev–Trinajstić information content (AvgIpc) is 2.39. The molecule has 0 spiro atoms. The summed E-state index contributed by atoms with van der Waals surface area (Å²) >= 11 is 0. The minimum absolute atomic E-state index is 0.565.